The molecule has 1 aliphatic carbocycles. The van der Waals surface area contributed by atoms with Crippen LogP contribution in [-0.2, 0) is 6.42 Å². The van der Waals surface area contributed by atoms with Crippen LogP contribution < -0.4 is 10.5 Å². The maximum atomic E-state index is 6.42. The number of methoxy groups -OCH3 is 1. The van der Waals surface area contributed by atoms with E-state index in [1.54, 1.807) is 7.11 Å². The molecule has 1 saturated carbocycles. The average Bonchev–Trinajstić information content (AvgIpc) is 2.47. The Morgan fingerprint density at radius 3 is 2.63 bits per heavy atom. The summed E-state index contributed by atoms with van der Waals surface area (Å²) in [7, 11) is 1.71. The van der Waals surface area contributed by atoms with Crippen molar-refractivity contribution in [1.82, 2.24) is 0 Å². The first kappa shape index (κ1) is 14.4. The first-order chi connectivity index (χ1) is 9.22. The Labute approximate surface area is 117 Å². The van der Waals surface area contributed by atoms with Crippen molar-refractivity contribution in [3.63, 3.8) is 0 Å². The van der Waals surface area contributed by atoms with E-state index < -0.39 is 0 Å². The SMILES string of the molecule is CCC1CCC(C(N)Cc2cccc(OC)c2)CC1. The van der Waals surface area contributed by atoms with E-state index in [9.17, 15) is 0 Å². The monoisotopic (exact) mass is 261 g/mol. The molecule has 2 rings (SSSR count). The third kappa shape index (κ3) is 3.97. The van der Waals surface area contributed by atoms with Crippen molar-refractivity contribution in [2.75, 3.05) is 7.11 Å². The average molecular weight is 261 g/mol. The van der Waals surface area contributed by atoms with E-state index in [2.05, 4.69) is 25.1 Å². The minimum Gasteiger partial charge on any atom is -0.497 e. The highest BCUT2D eigenvalue weighted by molar-refractivity contribution is 5.29. The second-order valence-electron chi connectivity index (χ2n) is 5.91. The van der Waals surface area contributed by atoms with Gasteiger partial charge in [-0.15, -0.1) is 0 Å². The lowest BCUT2D eigenvalue weighted by Gasteiger charge is -2.31. The molecule has 106 valence electrons. The third-order valence-corrected chi connectivity index (χ3v) is 4.68. The Morgan fingerprint density at radius 2 is 2.00 bits per heavy atom. The van der Waals surface area contributed by atoms with Gasteiger partial charge < -0.3 is 10.5 Å². The van der Waals surface area contributed by atoms with Gasteiger partial charge in [0.25, 0.3) is 0 Å². The molecular formula is C17H27NO. The number of rotatable bonds is 5. The molecule has 0 bridgehead atoms. The van der Waals surface area contributed by atoms with Crippen LogP contribution in [0.1, 0.15) is 44.6 Å². The number of benzene rings is 1. The zero-order valence-corrected chi connectivity index (χ0v) is 12.3. The number of hydrogen-bond acceptors (Lipinski definition) is 2. The summed E-state index contributed by atoms with van der Waals surface area (Å²) in [5.74, 6) is 2.58. The first-order valence-corrected chi connectivity index (χ1v) is 7.61. The fourth-order valence-electron chi connectivity index (χ4n) is 3.26. The molecule has 2 nitrogen and oxygen atoms in total. The summed E-state index contributed by atoms with van der Waals surface area (Å²) >= 11 is 0. The van der Waals surface area contributed by atoms with Crippen molar-refractivity contribution in [3.05, 3.63) is 29.8 Å². The van der Waals surface area contributed by atoms with Gasteiger partial charge >= 0.3 is 0 Å². The molecule has 1 fully saturated rings. The molecule has 1 aromatic rings. The molecule has 19 heavy (non-hydrogen) atoms. The Morgan fingerprint density at radius 1 is 1.26 bits per heavy atom. The van der Waals surface area contributed by atoms with E-state index in [0.29, 0.717) is 12.0 Å². The van der Waals surface area contributed by atoms with Crippen molar-refractivity contribution < 1.29 is 4.74 Å². The van der Waals surface area contributed by atoms with Crippen LogP contribution in [-0.4, -0.2) is 13.2 Å². The van der Waals surface area contributed by atoms with Gasteiger partial charge in [0, 0.05) is 6.04 Å². The summed E-state index contributed by atoms with van der Waals surface area (Å²) in [6.07, 6.45) is 7.66. The van der Waals surface area contributed by atoms with E-state index in [0.717, 1.165) is 18.1 Å². The van der Waals surface area contributed by atoms with Crippen molar-refractivity contribution in [1.29, 1.82) is 0 Å². The molecule has 1 unspecified atom stereocenters. The standard InChI is InChI=1S/C17H27NO/c1-3-13-7-9-15(10-8-13)17(18)12-14-5-4-6-16(11-14)19-2/h4-6,11,13,15,17H,3,7-10,12,18H2,1-2H3. The molecule has 1 atom stereocenters. The minimum absolute atomic E-state index is 0.296. The van der Waals surface area contributed by atoms with Crippen LogP contribution >= 0.6 is 0 Å². The Bertz CT molecular complexity index is 383. The summed E-state index contributed by atoms with van der Waals surface area (Å²) in [4.78, 5) is 0. The number of ether oxygens (including phenoxy) is 1. The molecule has 0 amide bonds. The summed E-state index contributed by atoms with van der Waals surface area (Å²) in [6, 6.07) is 8.60. The molecule has 1 aromatic carbocycles. The van der Waals surface area contributed by atoms with E-state index in [1.807, 2.05) is 6.07 Å². The summed E-state index contributed by atoms with van der Waals surface area (Å²) in [5.41, 5.74) is 7.71. The van der Waals surface area contributed by atoms with Gasteiger partial charge in [-0.25, -0.2) is 0 Å². The zero-order chi connectivity index (χ0) is 13.7. The van der Waals surface area contributed by atoms with Gasteiger partial charge in [0.1, 0.15) is 5.75 Å². The van der Waals surface area contributed by atoms with Crippen LogP contribution in [0.2, 0.25) is 0 Å². The van der Waals surface area contributed by atoms with Crippen LogP contribution in [0.3, 0.4) is 0 Å². The highest BCUT2D eigenvalue weighted by Crippen LogP contribution is 2.32. The third-order valence-electron chi connectivity index (χ3n) is 4.68. The largest absolute Gasteiger partial charge is 0.497 e. The van der Waals surface area contributed by atoms with E-state index in [-0.39, 0.29) is 0 Å². The van der Waals surface area contributed by atoms with Crippen molar-refractivity contribution in [2.45, 2.75) is 51.5 Å². The van der Waals surface area contributed by atoms with Gasteiger partial charge in [-0.3, -0.25) is 0 Å². The maximum Gasteiger partial charge on any atom is 0.119 e. The van der Waals surface area contributed by atoms with Gasteiger partial charge in [-0.1, -0.05) is 38.3 Å². The molecule has 0 radical (unpaired) electrons. The van der Waals surface area contributed by atoms with Crippen molar-refractivity contribution >= 4 is 0 Å². The number of nitrogens with two attached hydrogens (primary N) is 1. The van der Waals surface area contributed by atoms with Crippen LogP contribution in [0.4, 0.5) is 0 Å². The fourth-order valence-corrected chi connectivity index (χ4v) is 3.26. The molecular weight excluding hydrogens is 234 g/mol. The van der Waals surface area contributed by atoms with Crippen molar-refractivity contribution in [2.24, 2.45) is 17.6 Å². The lowest BCUT2D eigenvalue weighted by Crippen LogP contribution is -2.34. The predicted molar refractivity (Wildman–Crippen MR) is 80.4 cm³/mol. The summed E-state index contributed by atoms with van der Waals surface area (Å²) in [6.45, 7) is 2.31. The maximum absolute atomic E-state index is 6.42. The first-order valence-electron chi connectivity index (χ1n) is 7.61. The van der Waals surface area contributed by atoms with Crippen LogP contribution in [0.5, 0.6) is 5.75 Å². The predicted octanol–water partition coefficient (Wildman–Crippen LogP) is 3.78. The summed E-state index contributed by atoms with van der Waals surface area (Å²) in [5, 5.41) is 0. The van der Waals surface area contributed by atoms with E-state index in [1.165, 1.54) is 37.7 Å². The Hall–Kier alpha value is -1.02. The lowest BCUT2D eigenvalue weighted by atomic mass is 9.76. The normalized spacial score (nSPS) is 25.0. The van der Waals surface area contributed by atoms with Gasteiger partial charge in [0.2, 0.25) is 0 Å². The molecule has 0 aromatic heterocycles. The molecule has 0 saturated heterocycles. The van der Waals surface area contributed by atoms with Gasteiger partial charge in [-0.05, 0) is 48.8 Å². The molecule has 0 spiro atoms. The molecule has 2 N–H and O–H groups in total. The van der Waals surface area contributed by atoms with Crippen LogP contribution in [0.25, 0.3) is 0 Å². The lowest BCUT2D eigenvalue weighted by molar-refractivity contribution is 0.238. The number of hydrogen-bond donors (Lipinski definition) is 1. The zero-order valence-electron chi connectivity index (χ0n) is 12.3. The van der Waals surface area contributed by atoms with E-state index >= 15 is 0 Å². The molecule has 2 heteroatoms. The van der Waals surface area contributed by atoms with Crippen LogP contribution in [0.15, 0.2) is 24.3 Å². The fraction of sp³-hybridized carbons (Fsp3) is 0.647. The topological polar surface area (TPSA) is 35.2 Å². The Kier molecular flexibility index (Phi) is 5.26. The highest BCUT2D eigenvalue weighted by Gasteiger charge is 2.24. The second-order valence-corrected chi connectivity index (χ2v) is 5.91. The van der Waals surface area contributed by atoms with Crippen molar-refractivity contribution in [3.8, 4) is 5.75 Å². The molecule has 0 aliphatic heterocycles. The minimum atomic E-state index is 0.296. The Balaban J connectivity index is 1.88. The van der Waals surface area contributed by atoms with Gasteiger partial charge in [0.05, 0.1) is 7.11 Å². The quantitative estimate of drug-likeness (QED) is 0.875. The van der Waals surface area contributed by atoms with Gasteiger partial charge in [0.15, 0.2) is 0 Å². The van der Waals surface area contributed by atoms with Crippen LogP contribution in [0, 0.1) is 11.8 Å². The van der Waals surface area contributed by atoms with Gasteiger partial charge in [-0.2, -0.15) is 0 Å². The summed E-state index contributed by atoms with van der Waals surface area (Å²) < 4.78 is 5.27. The second kappa shape index (κ2) is 6.95. The highest BCUT2D eigenvalue weighted by atomic mass is 16.5. The molecule has 0 heterocycles. The molecule has 1 aliphatic rings. The smallest absolute Gasteiger partial charge is 0.119 e. The van der Waals surface area contributed by atoms with E-state index in [4.69, 9.17) is 10.5 Å².